The average molecular weight is 246 g/mol. The van der Waals surface area contributed by atoms with Crippen LogP contribution >= 0.6 is 0 Å². The van der Waals surface area contributed by atoms with Gasteiger partial charge < -0.3 is 11.1 Å². The quantitative estimate of drug-likeness (QED) is 0.809. The van der Waals surface area contributed by atoms with Crippen LogP contribution in [0, 0.1) is 5.41 Å². The Morgan fingerprint density at radius 3 is 2.22 bits per heavy atom. The summed E-state index contributed by atoms with van der Waals surface area (Å²) in [5.74, 6) is 0.641. The summed E-state index contributed by atoms with van der Waals surface area (Å²) in [5.41, 5.74) is 9.46. The lowest BCUT2D eigenvalue weighted by Gasteiger charge is -2.24. The zero-order valence-corrected chi connectivity index (χ0v) is 11.9. The third kappa shape index (κ3) is 2.60. The molecule has 100 valence electrons. The summed E-state index contributed by atoms with van der Waals surface area (Å²) in [7, 11) is 2.01. The maximum absolute atomic E-state index is 6.44. The van der Waals surface area contributed by atoms with Crippen molar-refractivity contribution in [3.05, 3.63) is 35.4 Å². The Kier molecular flexibility index (Phi) is 4.08. The fourth-order valence-electron chi connectivity index (χ4n) is 2.73. The van der Waals surface area contributed by atoms with Crippen molar-refractivity contribution in [3.63, 3.8) is 0 Å². The second kappa shape index (κ2) is 5.41. The maximum atomic E-state index is 6.44. The first kappa shape index (κ1) is 13.6. The minimum absolute atomic E-state index is 0.177. The number of rotatable bonds is 6. The lowest BCUT2D eigenvalue weighted by molar-refractivity contribution is 0.392. The third-order valence-corrected chi connectivity index (χ3v) is 4.56. The van der Waals surface area contributed by atoms with Crippen molar-refractivity contribution in [2.45, 2.75) is 45.1 Å². The van der Waals surface area contributed by atoms with E-state index in [1.807, 2.05) is 7.05 Å². The van der Waals surface area contributed by atoms with Gasteiger partial charge in [0.25, 0.3) is 0 Å². The van der Waals surface area contributed by atoms with Gasteiger partial charge in [0.15, 0.2) is 0 Å². The molecule has 3 N–H and O–H groups in total. The molecule has 2 heteroatoms. The Bertz CT molecular complexity index is 379. The van der Waals surface area contributed by atoms with Crippen molar-refractivity contribution < 1.29 is 0 Å². The molecule has 2 atom stereocenters. The summed E-state index contributed by atoms with van der Waals surface area (Å²) in [4.78, 5) is 0. The fraction of sp³-hybridized carbons (Fsp3) is 0.625. The molecule has 1 aliphatic carbocycles. The molecule has 2 rings (SSSR count). The van der Waals surface area contributed by atoms with E-state index in [2.05, 4.69) is 43.4 Å². The van der Waals surface area contributed by atoms with Crippen LogP contribution in [0.4, 0.5) is 0 Å². The molecule has 2 unspecified atom stereocenters. The molecule has 18 heavy (non-hydrogen) atoms. The van der Waals surface area contributed by atoms with Crippen molar-refractivity contribution in [2.75, 3.05) is 13.6 Å². The smallest absolute Gasteiger partial charge is 0.0364 e. The van der Waals surface area contributed by atoms with E-state index in [4.69, 9.17) is 5.73 Å². The van der Waals surface area contributed by atoms with Crippen LogP contribution in [0.3, 0.4) is 0 Å². The van der Waals surface area contributed by atoms with Crippen LogP contribution in [0.1, 0.15) is 56.2 Å². The van der Waals surface area contributed by atoms with E-state index in [0.717, 1.165) is 6.54 Å². The molecule has 1 fully saturated rings. The van der Waals surface area contributed by atoms with Crippen LogP contribution in [0.25, 0.3) is 0 Å². The summed E-state index contributed by atoms with van der Waals surface area (Å²) in [6.45, 7) is 5.54. The number of nitrogens with one attached hydrogen (secondary N) is 1. The predicted molar refractivity (Wildman–Crippen MR) is 77.7 cm³/mol. The number of benzene rings is 1. The minimum atomic E-state index is 0.177. The van der Waals surface area contributed by atoms with Gasteiger partial charge in [-0.05, 0) is 43.4 Å². The molecule has 1 saturated carbocycles. The molecule has 2 nitrogen and oxygen atoms in total. The van der Waals surface area contributed by atoms with E-state index in [-0.39, 0.29) is 6.04 Å². The molecule has 0 radical (unpaired) electrons. The molecular weight excluding hydrogens is 220 g/mol. The van der Waals surface area contributed by atoms with Crippen molar-refractivity contribution in [2.24, 2.45) is 11.1 Å². The SMILES string of the molecule is CCC(C)c1ccc(C(N)C2(CNC)CC2)cc1. The van der Waals surface area contributed by atoms with Gasteiger partial charge in [0.1, 0.15) is 0 Å². The first-order chi connectivity index (χ1) is 8.63. The van der Waals surface area contributed by atoms with E-state index >= 15 is 0 Å². The summed E-state index contributed by atoms with van der Waals surface area (Å²) >= 11 is 0. The van der Waals surface area contributed by atoms with E-state index in [0.29, 0.717) is 11.3 Å². The summed E-state index contributed by atoms with van der Waals surface area (Å²) in [6, 6.07) is 9.12. The van der Waals surface area contributed by atoms with Gasteiger partial charge >= 0.3 is 0 Å². The molecule has 0 aromatic heterocycles. The van der Waals surface area contributed by atoms with Gasteiger partial charge in [0.05, 0.1) is 0 Å². The lowest BCUT2D eigenvalue weighted by atomic mass is 9.89. The van der Waals surface area contributed by atoms with Gasteiger partial charge in [0, 0.05) is 18.0 Å². The Labute approximate surface area is 111 Å². The van der Waals surface area contributed by atoms with Crippen LogP contribution < -0.4 is 11.1 Å². The maximum Gasteiger partial charge on any atom is 0.0364 e. The van der Waals surface area contributed by atoms with Gasteiger partial charge in [-0.15, -0.1) is 0 Å². The van der Waals surface area contributed by atoms with E-state index < -0.39 is 0 Å². The molecule has 1 aromatic carbocycles. The minimum Gasteiger partial charge on any atom is -0.323 e. The number of nitrogens with two attached hydrogens (primary N) is 1. The first-order valence-electron chi connectivity index (χ1n) is 7.13. The normalized spacial score (nSPS) is 20.4. The Hall–Kier alpha value is -0.860. The van der Waals surface area contributed by atoms with Gasteiger partial charge in [-0.1, -0.05) is 38.1 Å². The van der Waals surface area contributed by atoms with Gasteiger partial charge in [-0.25, -0.2) is 0 Å². The fourth-order valence-corrected chi connectivity index (χ4v) is 2.73. The van der Waals surface area contributed by atoms with Gasteiger partial charge in [0.2, 0.25) is 0 Å². The molecular formula is C16H26N2. The second-order valence-electron chi connectivity index (χ2n) is 5.85. The van der Waals surface area contributed by atoms with Crippen LogP contribution in [-0.4, -0.2) is 13.6 Å². The summed E-state index contributed by atoms with van der Waals surface area (Å²) in [6.07, 6.45) is 3.69. The molecule has 1 aromatic rings. The lowest BCUT2D eigenvalue weighted by Crippen LogP contribution is -2.31. The highest BCUT2D eigenvalue weighted by Crippen LogP contribution is 2.53. The molecule has 0 saturated heterocycles. The van der Waals surface area contributed by atoms with Crippen LogP contribution in [0.5, 0.6) is 0 Å². The van der Waals surface area contributed by atoms with Crippen LogP contribution in [-0.2, 0) is 0 Å². The van der Waals surface area contributed by atoms with Crippen molar-refractivity contribution in [1.82, 2.24) is 5.32 Å². The average Bonchev–Trinajstić information content (AvgIpc) is 3.18. The van der Waals surface area contributed by atoms with E-state index in [1.165, 1.54) is 30.4 Å². The van der Waals surface area contributed by atoms with E-state index in [1.54, 1.807) is 0 Å². The Balaban J connectivity index is 2.10. The van der Waals surface area contributed by atoms with E-state index in [9.17, 15) is 0 Å². The van der Waals surface area contributed by atoms with Crippen LogP contribution in [0.15, 0.2) is 24.3 Å². The number of hydrogen-bond donors (Lipinski definition) is 2. The third-order valence-electron chi connectivity index (χ3n) is 4.56. The van der Waals surface area contributed by atoms with Crippen molar-refractivity contribution in [3.8, 4) is 0 Å². The summed E-state index contributed by atoms with van der Waals surface area (Å²) in [5, 5.41) is 3.28. The molecule has 0 bridgehead atoms. The highest BCUT2D eigenvalue weighted by molar-refractivity contribution is 5.29. The molecule has 0 amide bonds. The van der Waals surface area contributed by atoms with Crippen LogP contribution in [0.2, 0.25) is 0 Å². The second-order valence-corrected chi connectivity index (χ2v) is 5.85. The van der Waals surface area contributed by atoms with Crippen molar-refractivity contribution >= 4 is 0 Å². The topological polar surface area (TPSA) is 38.0 Å². The molecule has 0 aliphatic heterocycles. The molecule has 0 heterocycles. The predicted octanol–water partition coefficient (Wildman–Crippen LogP) is 3.20. The Morgan fingerprint density at radius 2 is 1.78 bits per heavy atom. The highest BCUT2D eigenvalue weighted by atomic mass is 14.9. The van der Waals surface area contributed by atoms with Gasteiger partial charge in [-0.2, -0.15) is 0 Å². The largest absolute Gasteiger partial charge is 0.323 e. The monoisotopic (exact) mass is 246 g/mol. The van der Waals surface area contributed by atoms with Crippen molar-refractivity contribution in [1.29, 1.82) is 0 Å². The molecule has 0 spiro atoms. The van der Waals surface area contributed by atoms with Gasteiger partial charge in [-0.3, -0.25) is 0 Å². The summed E-state index contributed by atoms with van der Waals surface area (Å²) < 4.78 is 0. The first-order valence-corrected chi connectivity index (χ1v) is 7.13. The number of hydrogen-bond acceptors (Lipinski definition) is 2. The zero-order valence-electron chi connectivity index (χ0n) is 11.9. The molecule has 1 aliphatic rings. The highest BCUT2D eigenvalue weighted by Gasteiger charge is 2.47. The standard InChI is InChI=1S/C16H26N2/c1-4-12(2)13-5-7-14(8-6-13)15(17)16(9-10-16)11-18-3/h5-8,12,15,18H,4,9-11,17H2,1-3H3. The Morgan fingerprint density at radius 1 is 1.22 bits per heavy atom. The zero-order chi connectivity index (χ0) is 13.2.